The number of hydrogen-bond donors (Lipinski definition) is 1. The molecule has 0 spiro atoms. The van der Waals surface area contributed by atoms with Crippen LogP contribution in [0.15, 0.2) is 22.6 Å². The van der Waals surface area contributed by atoms with E-state index in [1.807, 2.05) is 13.8 Å². The van der Waals surface area contributed by atoms with E-state index in [1.54, 1.807) is 25.1 Å². The smallest absolute Gasteiger partial charge is 0.310 e. The van der Waals surface area contributed by atoms with E-state index in [0.29, 0.717) is 11.5 Å². The molecule has 1 aromatic heterocycles. The Balaban J connectivity index is 2.46. The maximum atomic E-state index is 10.9. The SMILES string of the molecule is CC(C)c1nc2ccc(C(C)C(=O)O)cc2o1. The molecule has 0 saturated heterocycles. The maximum Gasteiger partial charge on any atom is 0.310 e. The van der Waals surface area contributed by atoms with Crippen molar-refractivity contribution < 1.29 is 14.3 Å². The van der Waals surface area contributed by atoms with Gasteiger partial charge in [-0.05, 0) is 24.6 Å². The Morgan fingerprint density at radius 2 is 2.06 bits per heavy atom. The van der Waals surface area contributed by atoms with Crippen LogP contribution in [0.1, 0.15) is 44.1 Å². The third-order valence-electron chi connectivity index (χ3n) is 2.79. The van der Waals surface area contributed by atoms with Gasteiger partial charge in [0.15, 0.2) is 11.5 Å². The molecule has 0 radical (unpaired) electrons. The van der Waals surface area contributed by atoms with Crippen LogP contribution in [-0.4, -0.2) is 16.1 Å². The summed E-state index contributed by atoms with van der Waals surface area (Å²) in [7, 11) is 0. The predicted molar refractivity (Wildman–Crippen MR) is 64.1 cm³/mol. The van der Waals surface area contributed by atoms with Crippen molar-refractivity contribution in [1.29, 1.82) is 0 Å². The molecule has 0 aliphatic heterocycles. The highest BCUT2D eigenvalue weighted by Gasteiger charge is 2.16. The van der Waals surface area contributed by atoms with Crippen LogP contribution in [0.4, 0.5) is 0 Å². The van der Waals surface area contributed by atoms with Gasteiger partial charge in [0.05, 0.1) is 5.92 Å². The number of carboxylic acid groups (broad SMARTS) is 1. The summed E-state index contributed by atoms with van der Waals surface area (Å²) in [6.07, 6.45) is 0. The number of rotatable bonds is 3. The van der Waals surface area contributed by atoms with Gasteiger partial charge in [0.1, 0.15) is 5.52 Å². The number of aliphatic carboxylic acids is 1. The molecule has 1 aromatic carbocycles. The standard InChI is InChI=1S/C13H15NO3/c1-7(2)12-14-10-5-4-9(6-11(10)17-12)8(3)13(15)16/h4-8H,1-3H3,(H,15,16). The molecule has 0 aliphatic rings. The van der Waals surface area contributed by atoms with Crippen LogP contribution in [0.25, 0.3) is 11.1 Å². The van der Waals surface area contributed by atoms with Gasteiger partial charge < -0.3 is 9.52 Å². The zero-order valence-corrected chi connectivity index (χ0v) is 10.1. The Kier molecular flexibility index (Phi) is 2.88. The second kappa shape index (κ2) is 4.20. The lowest BCUT2D eigenvalue weighted by atomic mass is 10.0. The van der Waals surface area contributed by atoms with Crippen molar-refractivity contribution in [3.05, 3.63) is 29.7 Å². The first kappa shape index (κ1) is 11.6. The van der Waals surface area contributed by atoms with E-state index < -0.39 is 11.9 Å². The topological polar surface area (TPSA) is 63.3 Å². The van der Waals surface area contributed by atoms with E-state index in [9.17, 15) is 4.79 Å². The summed E-state index contributed by atoms with van der Waals surface area (Å²) in [5.74, 6) is -0.470. The number of carbonyl (C=O) groups is 1. The van der Waals surface area contributed by atoms with Crippen molar-refractivity contribution in [3.8, 4) is 0 Å². The van der Waals surface area contributed by atoms with Gasteiger partial charge in [-0.2, -0.15) is 0 Å². The minimum atomic E-state index is -0.840. The predicted octanol–water partition coefficient (Wildman–Crippen LogP) is 3.14. The first-order valence-corrected chi connectivity index (χ1v) is 5.62. The Labute approximate surface area is 99.3 Å². The third-order valence-corrected chi connectivity index (χ3v) is 2.79. The van der Waals surface area contributed by atoms with E-state index >= 15 is 0 Å². The van der Waals surface area contributed by atoms with Gasteiger partial charge >= 0.3 is 5.97 Å². The van der Waals surface area contributed by atoms with E-state index in [1.165, 1.54) is 0 Å². The normalized spacial score (nSPS) is 13.2. The summed E-state index contributed by atoms with van der Waals surface area (Å²) in [5, 5.41) is 8.95. The molecule has 1 atom stereocenters. The number of fused-ring (bicyclic) bond motifs is 1. The third kappa shape index (κ3) is 2.16. The van der Waals surface area contributed by atoms with Gasteiger partial charge in [0.25, 0.3) is 0 Å². The van der Waals surface area contributed by atoms with E-state index in [2.05, 4.69) is 4.98 Å². The quantitative estimate of drug-likeness (QED) is 0.884. The van der Waals surface area contributed by atoms with Crippen molar-refractivity contribution in [2.75, 3.05) is 0 Å². The number of hydrogen-bond acceptors (Lipinski definition) is 3. The number of carboxylic acids is 1. The van der Waals surface area contributed by atoms with Gasteiger partial charge in [0, 0.05) is 5.92 Å². The molecule has 1 unspecified atom stereocenters. The molecule has 0 bridgehead atoms. The minimum Gasteiger partial charge on any atom is -0.481 e. The van der Waals surface area contributed by atoms with E-state index in [4.69, 9.17) is 9.52 Å². The summed E-state index contributed by atoms with van der Waals surface area (Å²) in [4.78, 5) is 15.2. The summed E-state index contributed by atoms with van der Waals surface area (Å²) >= 11 is 0. The molecular weight excluding hydrogens is 218 g/mol. The highest BCUT2D eigenvalue weighted by molar-refractivity contribution is 5.79. The lowest BCUT2D eigenvalue weighted by Gasteiger charge is -2.04. The fourth-order valence-electron chi connectivity index (χ4n) is 1.62. The molecule has 2 aromatic rings. The molecule has 1 N–H and O–H groups in total. The zero-order chi connectivity index (χ0) is 12.6. The van der Waals surface area contributed by atoms with Crippen molar-refractivity contribution in [2.24, 2.45) is 0 Å². The first-order chi connectivity index (χ1) is 7.99. The first-order valence-electron chi connectivity index (χ1n) is 5.62. The van der Waals surface area contributed by atoms with Crippen LogP contribution in [0, 0.1) is 0 Å². The Bertz CT molecular complexity index is 557. The molecule has 17 heavy (non-hydrogen) atoms. The monoisotopic (exact) mass is 233 g/mol. The van der Waals surface area contributed by atoms with Crippen LogP contribution >= 0.6 is 0 Å². The van der Waals surface area contributed by atoms with Gasteiger partial charge in [-0.25, -0.2) is 4.98 Å². The molecule has 0 aliphatic carbocycles. The number of nitrogens with zero attached hydrogens (tertiary/aromatic N) is 1. The second-order valence-electron chi connectivity index (χ2n) is 4.49. The summed E-state index contributed by atoms with van der Waals surface area (Å²) < 4.78 is 5.60. The van der Waals surface area contributed by atoms with Gasteiger partial charge in [-0.3, -0.25) is 4.79 Å². The second-order valence-corrected chi connectivity index (χ2v) is 4.49. The van der Waals surface area contributed by atoms with Gasteiger partial charge in [-0.15, -0.1) is 0 Å². The fourth-order valence-corrected chi connectivity index (χ4v) is 1.62. The van der Waals surface area contributed by atoms with Crippen LogP contribution in [0.3, 0.4) is 0 Å². The largest absolute Gasteiger partial charge is 0.481 e. The number of aromatic nitrogens is 1. The molecule has 4 heteroatoms. The van der Waals surface area contributed by atoms with E-state index in [-0.39, 0.29) is 5.92 Å². The average Bonchev–Trinajstić information content (AvgIpc) is 2.70. The fraction of sp³-hybridized carbons (Fsp3) is 0.385. The highest BCUT2D eigenvalue weighted by atomic mass is 16.4. The van der Waals surface area contributed by atoms with Crippen LogP contribution in [0.5, 0.6) is 0 Å². The zero-order valence-electron chi connectivity index (χ0n) is 10.1. The Morgan fingerprint density at radius 1 is 1.35 bits per heavy atom. The van der Waals surface area contributed by atoms with Crippen molar-refractivity contribution >= 4 is 17.1 Å². The molecule has 1 heterocycles. The van der Waals surface area contributed by atoms with Crippen molar-refractivity contribution in [3.63, 3.8) is 0 Å². The Morgan fingerprint density at radius 3 is 2.65 bits per heavy atom. The average molecular weight is 233 g/mol. The molecule has 0 amide bonds. The lowest BCUT2D eigenvalue weighted by molar-refractivity contribution is -0.138. The van der Waals surface area contributed by atoms with Crippen LogP contribution in [-0.2, 0) is 4.79 Å². The molecule has 2 rings (SSSR count). The molecule has 90 valence electrons. The van der Waals surface area contributed by atoms with Gasteiger partial charge in [-0.1, -0.05) is 19.9 Å². The summed E-state index contributed by atoms with van der Waals surface area (Å²) in [6, 6.07) is 5.35. The maximum absolute atomic E-state index is 10.9. The lowest BCUT2D eigenvalue weighted by Crippen LogP contribution is -2.06. The van der Waals surface area contributed by atoms with Crippen LogP contribution in [0.2, 0.25) is 0 Å². The molecule has 0 saturated carbocycles. The Hall–Kier alpha value is -1.84. The summed E-state index contributed by atoms with van der Waals surface area (Å²) in [6.45, 7) is 5.67. The van der Waals surface area contributed by atoms with Crippen molar-refractivity contribution in [2.45, 2.75) is 32.6 Å². The summed E-state index contributed by atoms with van der Waals surface area (Å²) in [5.41, 5.74) is 2.16. The van der Waals surface area contributed by atoms with Gasteiger partial charge in [0.2, 0.25) is 0 Å². The van der Waals surface area contributed by atoms with E-state index in [0.717, 1.165) is 11.1 Å². The minimum absolute atomic E-state index is 0.225. The molecular formula is C13H15NO3. The van der Waals surface area contributed by atoms with Crippen LogP contribution < -0.4 is 0 Å². The number of oxazole rings is 1. The molecule has 4 nitrogen and oxygen atoms in total. The number of benzene rings is 1. The van der Waals surface area contributed by atoms with Crippen molar-refractivity contribution in [1.82, 2.24) is 4.98 Å². The highest BCUT2D eigenvalue weighted by Crippen LogP contribution is 2.25. The molecule has 0 fully saturated rings.